The third-order valence-electron chi connectivity index (χ3n) is 8.07. The first-order valence-corrected chi connectivity index (χ1v) is 16.9. The number of nitrogens with zero attached hydrogens (tertiary/aromatic N) is 1. The molecule has 3 aromatic carbocycles. The van der Waals surface area contributed by atoms with Crippen molar-refractivity contribution in [3.8, 4) is 22.4 Å². The van der Waals surface area contributed by atoms with Crippen molar-refractivity contribution in [2.45, 2.75) is 67.2 Å². The maximum absolute atomic E-state index is 15.5. The molecular weight excluding hydrogens is 793 g/mol. The van der Waals surface area contributed by atoms with Gasteiger partial charge in [0.1, 0.15) is 0 Å². The Bertz CT molecular complexity index is 1720. The number of ketones is 1. The van der Waals surface area contributed by atoms with E-state index in [0.29, 0.717) is 5.56 Å². The van der Waals surface area contributed by atoms with E-state index in [4.69, 9.17) is 0 Å². The Hall–Kier alpha value is -2.88. The Morgan fingerprint density at radius 3 is 2.16 bits per heavy atom. The molecule has 0 spiro atoms. The molecule has 5 aromatic rings. The summed E-state index contributed by atoms with van der Waals surface area (Å²) in [6, 6.07) is 23.4. The molecule has 2 heterocycles. The second-order valence-corrected chi connectivity index (χ2v) is 13.2. The van der Waals surface area contributed by atoms with Crippen molar-refractivity contribution in [1.29, 1.82) is 0 Å². The quantitative estimate of drug-likeness (QED) is 0.0697. The van der Waals surface area contributed by atoms with Crippen LogP contribution in [0.5, 0.6) is 0 Å². The number of aliphatic hydroxyl groups excluding tert-OH is 1. The summed E-state index contributed by atoms with van der Waals surface area (Å²) in [5.74, 6) is 0.446. The summed E-state index contributed by atoms with van der Waals surface area (Å²) in [6.07, 6.45) is 6.73. The fraction of sp³-hybridized carbons (Fsp3) is 0.316. The summed E-state index contributed by atoms with van der Waals surface area (Å²) >= 11 is -0.130. The molecule has 5 rings (SSSR count). The number of aromatic nitrogens is 1. The van der Waals surface area contributed by atoms with E-state index in [1.165, 1.54) is 11.6 Å². The zero-order valence-electron chi connectivity index (χ0n) is 26.3. The van der Waals surface area contributed by atoms with Crippen LogP contribution < -0.4 is 0 Å². The molecule has 0 aliphatic heterocycles. The van der Waals surface area contributed by atoms with E-state index in [-0.39, 0.29) is 63.8 Å². The molecule has 0 bridgehead atoms. The van der Waals surface area contributed by atoms with Crippen molar-refractivity contribution in [1.82, 2.24) is 4.98 Å². The molecule has 0 atom stereocenters. The van der Waals surface area contributed by atoms with Crippen LogP contribution in [0.25, 0.3) is 41.7 Å². The van der Waals surface area contributed by atoms with E-state index in [1.807, 2.05) is 83.3 Å². The Morgan fingerprint density at radius 2 is 1.55 bits per heavy atom. The van der Waals surface area contributed by atoms with Crippen molar-refractivity contribution >= 4 is 39.6 Å². The van der Waals surface area contributed by atoms with Gasteiger partial charge in [-0.25, -0.2) is 0 Å². The predicted octanol–water partition coefficient (Wildman–Crippen LogP) is 10.2. The number of halogens is 1. The molecule has 0 saturated carbocycles. The van der Waals surface area contributed by atoms with Crippen LogP contribution in [0.15, 0.2) is 78.7 Å². The van der Waals surface area contributed by atoms with E-state index in [9.17, 15) is 9.90 Å². The molecule has 0 aliphatic carbocycles. The van der Waals surface area contributed by atoms with Gasteiger partial charge in [0.15, 0.2) is 5.78 Å². The molecule has 233 valence electrons. The van der Waals surface area contributed by atoms with E-state index in [2.05, 4.69) is 36.2 Å². The normalized spacial score (nSPS) is 11.5. The SMILES string of the molecule is CCC(CC)C(=O)/C=C(\O)C(CC)CC.Cc1[c-]c(-c2nccc3c2[se]c2c(F)c(-c4ccccc4)ccc23)cc(C)c1.[Ir]. The number of allylic oxidation sites excluding steroid dienone is 2. The Labute approximate surface area is 280 Å². The summed E-state index contributed by atoms with van der Waals surface area (Å²) in [7, 11) is 0. The minimum Gasteiger partial charge on any atom is 0 e. The molecule has 0 saturated heterocycles. The van der Waals surface area contributed by atoms with Crippen LogP contribution in [0.3, 0.4) is 0 Å². The van der Waals surface area contributed by atoms with Crippen LogP contribution >= 0.6 is 0 Å². The molecule has 0 unspecified atom stereocenters. The van der Waals surface area contributed by atoms with E-state index >= 15 is 4.39 Å². The largest absolute Gasteiger partial charge is 0 e. The summed E-state index contributed by atoms with van der Waals surface area (Å²) < 4.78 is 17.4. The number of aryl methyl sites for hydroxylation is 2. The van der Waals surface area contributed by atoms with Crippen LogP contribution in [0.4, 0.5) is 4.39 Å². The molecule has 44 heavy (non-hydrogen) atoms. The fourth-order valence-corrected chi connectivity index (χ4v) is 8.17. The Balaban J connectivity index is 0.000000286. The van der Waals surface area contributed by atoms with Crippen molar-refractivity contribution in [3.63, 3.8) is 0 Å². The first-order valence-electron chi connectivity index (χ1n) is 15.2. The molecule has 3 nitrogen and oxygen atoms in total. The monoisotopic (exact) mass is 835 g/mol. The molecule has 6 heteroatoms. The van der Waals surface area contributed by atoms with Gasteiger partial charge in [0, 0.05) is 38.0 Å². The average Bonchev–Trinajstić information content (AvgIpc) is 3.39. The summed E-state index contributed by atoms with van der Waals surface area (Å²) in [5, 5.41) is 11.9. The molecule has 1 N–H and O–H groups in total. The van der Waals surface area contributed by atoms with Crippen LogP contribution in [-0.4, -0.2) is 30.4 Å². The second kappa shape index (κ2) is 16.4. The summed E-state index contributed by atoms with van der Waals surface area (Å²) in [6.45, 7) is 12.2. The number of hydrogen-bond donors (Lipinski definition) is 1. The van der Waals surface area contributed by atoms with Gasteiger partial charge in [-0.05, 0) is 25.7 Å². The number of carbonyl (C=O) groups is 1. The number of benzene rings is 3. The number of pyridine rings is 1. The number of carbonyl (C=O) groups excluding carboxylic acids is 1. The Morgan fingerprint density at radius 1 is 0.909 bits per heavy atom. The van der Waals surface area contributed by atoms with Gasteiger partial charge >= 0.3 is 169 Å². The maximum atomic E-state index is 15.5. The van der Waals surface area contributed by atoms with Gasteiger partial charge in [0.05, 0.1) is 5.76 Å². The molecule has 1 radical (unpaired) electrons. The van der Waals surface area contributed by atoms with Crippen LogP contribution in [-0.2, 0) is 24.9 Å². The van der Waals surface area contributed by atoms with Gasteiger partial charge in [-0.2, -0.15) is 0 Å². The standard InChI is InChI=1S/C25H17FNSe.C13H24O2.Ir/c1-15-12-16(2)14-18(13-15)23-25-21(10-11-27-23)20-9-8-19(22(26)24(20)28-25)17-6-4-3-5-7-17;1-5-10(6-2)12(14)9-13(15)11(7-3)8-4;/h3-13H,1-2H3;9-11,14H,5-8H2,1-4H3;/q-1;;/b;12-9-;. The fourth-order valence-electron chi connectivity index (χ4n) is 5.57. The number of fused-ring (bicyclic) bond motifs is 3. The minimum atomic E-state index is -0.130. The van der Waals surface area contributed by atoms with Crippen LogP contribution in [0.1, 0.15) is 64.5 Å². The number of rotatable bonds is 9. The van der Waals surface area contributed by atoms with Gasteiger partial charge in [-0.15, -0.1) is 0 Å². The molecule has 0 aliphatic rings. The predicted molar refractivity (Wildman–Crippen MR) is 179 cm³/mol. The first kappa shape index (κ1) is 35.6. The van der Waals surface area contributed by atoms with Crippen molar-refractivity contribution < 1.29 is 34.4 Å². The third-order valence-corrected chi connectivity index (χ3v) is 10.6. The van der Waals surface area contributed by atoms with Gasteiger partial charge in [0.25, 0.3) is 0 Å². The minimum absolute atomic E-state index is 0. The Kier molecular flexibility index (Phi) is 13.3. The van der Waals surface area contributed by atoms with Gasteiger partial charge in [0.2, 0.25) is 0 Å². The summed E-state index contributed by atoms with van der Waals surface area (Å²) in [5.41, 5.74) is 5.78. The molecule has 0 fully saturated rings. The second-order valence-electron chi connectivity index (χ2n) is 11.1. The summed E-state index contributed by atoms with van der Waals surface area (Å²) in [4.78, 5) is 16.4. The third kappa shape index (κ3) is 8.03. The molecule has 0 amide bonds. The number of hydrogen-bond acceptors (Lipinski definition) is 3. The van der Waals surface area contributed by atoms with Crippen molar-refractivity contribution in [3.05, 3.63) is 102 Å². The van der Waals surface area contributed by atoms with Crippen LogP contribution in [0.2, 0.25) is 0 Å². The zero-order chi connectivity index (χ0) is 31.1. The van der Waals surface area contributed by atoms with Gasteiger partial charge in [-0.3, -0.25) is 4.79 Å². The van der Waals surface area contributed by atoms with Crippen molar-refractivity contribution in [2.75, 3.05) is 0 Å². The topological polar surface area (TPSA) is 50.2 Å². The van der Waals surface area contributed by atoms with Gasteiger partial charge in [-0.1, -0.05) is 27.7 Å². The molecular formula is C38H41FIrNO2Se-. The van der Waals surface area contributed by atoms with Gasteiger partial charge < -0.3 is 5.11 Å². The maximum Gasteiger partial charge on any atom is 0 e. The van der Waals surface area contributed by atoms with E-state index in [1.54, 1.807) is 0 Å². The number of aliphatic hydroxyl groups is 1. The molecule has 2 aromatic heterocycles. The first-order chi connectivity index (χ1) is 20.7. The van der Waals surface area contributed by atoms with Crippen molar-refractivity contribution in [2.24, 2.45) is 11.8 Å². The zero-order valence-corrected chi connectivity index (χ0v) is 30.4. The average molecular weight is 834 g/mol. The van der Waals surface area contributed by atoms with E-state index in [0.717, 1.165) is 67.4 Å². The smallest absolute Gasteiger partial charge is 0 e. The van der Waals surface area contributed by atoms with Crippen LogP contribution in [0, 0.1) is 37.6 Å². The van der Waals surface area contributed by atoms with E-state index < -0.39 is 0 Å².